The Balaban J connectivity index is 2.22. The Morgan fingerprint density at radius 1 is 1.10 bits per heavy atom. The number of anilines is 1. The molecule has 0 unspecified atom stereocenters. The summed E-state index contributed by atoms with van der Waals surface area (Å²) in [5.41, 5.74) is 8.96. The van der Waals surface area contributed by atoms with Gasteiger partial charge in [0.1, 0.15) is 5.69 Å². The fourth-order valence-electron chi connectivity index (χ4n) is 2.10. The van der Waals surface area contributed by atoms with Gasteiger partial charge in [-0.25, -0.2) is 4.98 Å². The van der Waals surface area contributed by atoms with Crippen molar-refractivity contribution < 1.29 is 9.26 Å². The summed E-state index contributed by atoms with van der Waals surface area (Å²) in [5, 5.41) is 4.05. The molecule has 5 heteroatoms. The summed E-state index contributed by atoms with van der Waals surface area (Å²) in [4.78, 5) is 4.17. The van der Waals surface area contributed by atoms with Gasteiger partial charge in [0, 0.05) is 6.20 Å². The molecule has 3 rings (SSSR count). The first-order valence-electron chi connectivity index (χ1n) is 6.11. The van der Waals surface area contributed by atoms with Gasteiger partial charge < -0.3 is 15.0 Å². The molecule has 2 heterocycles. The molecular formula is C15H13N3O2. The molecule has 0 bridgehead atoms. The normalized spacial score (nSPS) is 10.4. The molecule has 1 aromatic carbocycles. The van der Waals surface area contributed by atoms with Crippen molar-refractivity contribution in [3.05, 3.63) is 48.7 Å². The highest BCUT2D eigenvalue weighted by atomic mass is 16.5. The largest absolute Gasteiger partial charge is 0.481 e. The molecule has 20 heavy (non-hydrogen) atoms. The number of rotatable bonds is 3. The van der Waals surface area contributed by atoms with Crippen molar-refractivity contribution >= 4 is 5.88 Å². The maximum Gasteiger partial charge on any atom is 0.230 e. The first-order chi connectivity index (χ1) is 9.81. The van der Waals surface area contributed by atoms with Crippen LogP contribution in [-0.2, 0) is 0 Å². The average Bonchev–Trinajstić information content (AvgIpc) is 2.89. The van der Waals surface area contributed by atoms with Crippen LogP contribution in [0.3, 0.4) is 0 Å². The Hall–Kier alpha value is -2.82. The third kappa shape index (κ3) is 1.99. The highest BCUT2D eigenvalue weighted by Crippen LogP contribution is 2.38. The lowest BCUT2D eigenvalue weighted by atomic mass is 10.0. The minimum atomic E-state index is 0.275. The van der Waals surface area contributed by atoms with Crippen molar-refractivity contribution in [1.29, 1.82) is 0 Å². The van der Waals surface area contributed by atoms with Crippen molar-refractivity contribution in [2.75, 3.05) is 12.8 Å². The fraction of sp³-hybridized carbons (Fsp3) is 0.0667. The van der Waals surface area contributed by atoms with E-state index >= 15 is 0 Å². The summed E-state index contributed by atoms with van der Waals surface area (Å²) in [6.07, 6.45) is 1.66. The summed E-state index contributed by atoms with van der Waals surface area (Å²) < 4.78 is 10.4. The van der Waals surface area contributed by atoms with Gasteiger partial charge in [-0.3, -0.25) is 0 Å². The molecule has 100 valence electrons. The summed E-state index contributed by atoms with van der Waals surface area (Å²) in [6, 6.07) is 13.4. The van der Waals surface area contributed by atoms with Gasteiger partial charge in [-0.1, -0.05) is 35.5 Å². The second-order valence-electron chi connectivity index (χ2n) is 4.20. The zero-order valence-electron chi connectivity index (χ0n) is 10.9. The second-order valence-corrected chi connectivity index (χ2v) is 4.20. The molecule has 3 aromatic rings. The van der Waals surface area contributed by atoms with E-state index in [0.717, 1.165) is 16.7 Å². The minimum Gasteiger partial charge on any atom is -0.481 e. The number of nitrogens with zero attached hydrogens (tertiary/aromatic N) is 2. The Morgan fingerprint density at radius 3 is 2.65 bits per heavy atom. The number of hydrogen-bond donors (Lipinski definition) is 1. The van der Waals surface area contributed by atoms with Gasteiger partial charge in [0.25, 0.3) is 0 Å². The number of nitrogen functional groups attached to an aromatic ring is 1. The third-order valence-electron chi connectivity index (χ3n) is 3.00. The number of methoxy groups -OCH3 is 1. The molecular weight excluding hydrogens is 254 g/mol. The van der Waals surface area contributed by atoms with Gasteiger partial charge in [0.2, 0.25) is 11.8 Å². The van der Waals surface area contributed by atoms with Crippen LogP contribution in [0.15, 0.2) is 53.2 Å². The summed E-state index contributed by atoms with van der Waals surface area (Å²) in [6.45, 7) is 0. The zero-order valence-corrected chi connectivity index (χ0v) is 10.9. The third-order valence-corrected chi connectivity index (χ3v) is 3.00. The maximum atomic E-state index is 5.91. The molecule has 0 aliphatic rings. The topological polar surface area (TPSA) is 74.2 Å². The first-order valence-corrected chi connectivity index (χ1v) is 6.11. The van der Waals surface area contributed by atoms with E-state index in [1.54, 1.807) is 13.3 Å². The van der Waals surface area contributed by atoms with Gasteiger partial charge in [0.05, 0.1) is 18.2 Å². The number of benzene rings is 1. The molecule has 0 aliphatic carbocycles. The Bertz CT molecular complexity index is 723. The molecule has 0 amide bonds. The predicted octanol–water partition coefficient (Wildman–Crippen LogP) is 2.99. The van der Waals surface area contributed by atoms with E-state index in [1.807, 2.05) is 42.5 Å². The van der Waals surface area contributed by atoms with Crippen LogP contribution in [0.25, 0.3) is 22.4 Å². The van der Waals surface area contributed by atoms with Crippen molar-refractivity contribution in [2.24, 2.45) is 0 Å². The molecule has 2 aromatic heterocycles. The number of nitrogens with two attached hydrogens (primary N) is 1. The zero-order chi connectivity index (χ0) is 13.9. The number of hydrogen-bond acceptors (Lipinski definition) is 5. The van der Waals surface area contributed by atoms with E-state index in [4.69, 9.17) is 15.0 Å². The lowest BCUT2D eigenvalue weighted by Gasteiger charge is -2.06. The van der Waals surface area contributed by atoms with Crippen LogP contribution in [0.4, 0.5) is 5.88 Å². The molecule has 0 saturated carbocycles. The first kappa shape index (κ1) is 12.2. The molecule has 2 N–H and O–H groups in total. The van der Waals surface area contributed by atoms with Crippen LogP contribution in [0.1, 0.15) is 0 Å². The van der Waals surface area contributed by atoms with E-state index in [0.29, 0.717) is 11.6 Å². The Morgan fingerprint density at radius 2 is 1.90 bits per heavy atom. The maximum absolute atomic E-state index is 5.91. The highest BCUT2D eigenvalue weighted by Gasteiger charge is 2.20. The highest BCUT2D eigenvalue weighted by molar-refractivity contribution is 5.88. The van der Waals surface area contributed by atoms with Crippen LogP contribution in [0.5, 0.6) is 5.88 Å². The molecule has 0 aliphatic heterocycles. The summed E-state index contributed by atoms with van der Waals surface area (Å²) in [7, 11) is 1.57. The average molecular weight is 267 g/mol. The SMILES string of the molecule is COc1ncccc1-c1noc(N)c1-c1ccccc1. The molecule has 0 spiro atoms. The number of aromatic nitrogens is 2. The van der Waals surface area contributed by atoms with Gasteiger partial charge in [-0.15, -0.1) is 0 Å². The van der Waals surface area contributed by atoms with E-state index in [-0.39, 0.29) is 5.88 Å². The van der Waals surface area contributed by atoms with Crippen molar-refractivity contribution in [3.63, 3.8) is 0 Å². The van der Waals surface area contributed by atoms with E-state index in [2.05, 4.69) is 10.1 Å². The molecule has 0 fully saturated rings. The Kier molecular flexibility index (Phi) is 3.09. The minimum absolute atomic E-state index is 0.275. The lowest BCUT2D eigenvalue weighted by molar-refractivity contribution is 0.398. The second kappa shape index (κ2) is 5.05. The van der Waals surface area contributed by atoms with Gasteiger partial charge >= 0.3 is 0 Å². The van der Waals surface area contributed by atoms with Crippen molar-refractivity contribution in [1.82, 2.24) is 10.1 Å². The van der Waals surface area contributed by atoms with Gasteiger partial charge in [-0.05, 0) is 17.7 Å². The van der Waals surface area contributed by atoms with E-state index in [1.165, 1.54) is 0 Å². The quantitative estimate of drug-likeness (QED) is 0.789. The van der Waals surface area contributed by atoms with Gasteiger partial charge in [-0.2, -0.15) is 0 Å². The number of pyridine rings is 1. The molecule has 5 nitrogen and oxygen atoms in total. The molecule has 0 radical (unpaired) electrons. The fourth-order valence-corrected chi connectivity index (χ4v) is 2.10. The Labute approximate surface area is 116 Å². The van der Waals surface area contributed by atoms with Crippen molar-refractivity contribution in [3.8, 4) is 28.3 Å². The van der Waals surface area contributed by atoms with Crippen LogP contribution in [-0.4, -0.2) is 17.3 Å². The van der Waals surface area contributed by atoms with Crippen LogP contribution in [0, 0.1) is 0 Å². The predicted molar refractivity (Wildman–Crippen MR) is 76.1 cm³/mol. The van der Waals surface area contributed by atoms with Crippen LogP contribution < -0.4 is 10.5 Å². The standard InChI is InChI=1S/C15H13N3O2/c1-19-15-11(8-5-9-17-15)13-12(14(16)20-18-13)10-6-3-2-4-7-10/h2-9H,16H2,1H3. The molecule has 0 saturated heterocycles. The van der Waals surface area contributed by atoms with Crippen LogP contribution in [0.2, 0.25) is 0 Å². The lowest BCUT2D eigenvalue weighted by Crippen LogP contribution is -1.93. The number of ether oxygens (including phenoxy) is 1. The van der Waals surface area contributed by atoms with Crippen molar-refractivity contribution in [2.45, 2.75) is 0 Å². The smallest absolute Gasteiger partial charge is 0.230 e. The van der Waals surface area contributed by atoms with E-state index in [9.17, 15) is 0 Å². The monoisotopic (exact) mass is 267 g/mol. The summed E-state index contributed by atoms with van der Waals surface area (Å²) in [5.74, 6) is 0.759. The molecule has 0 atom stereocenters. The van der Waals surface area contributed by atoms with E-state index < -0.39 is 0 Å². The van der Waals surface area contributed by atoms with Gasteiger partial charge in [0.15, 0.2) is 0 Å². The summed E-state index contributed by atoms with van der Waals surface area (Å²) >= 11 is 0. The van der Waals surface area contributed by atoms with Crippen LogP contribution >= 0.6 is 0 Å².